The molecule has 0 aliphatic rings. The molecule has 20 heavy (non-hydrogen) atoms. The zero-order valence-electron chi connectivity index (χ0n) is 11.7. The topological polar surface area (TPSA) is 66.4 Å². The second-order valence-corrected chi connectivity index (χ2v) is 5.95. The minimum atomic E-state index is -0.930. The molecule has 4 nitrogen and oxygen atoms in total. The molecule has 0 aliphatic carbocycles. The van der Waals surface area contributed by atoms with E-state index in [1.54, 1.807) is 30.5 Å². The van der Waals surface area contributed by atoms with Gasteiger partial charge in [0.25, 0.3) is 5.91 Å². The number of carbonyl (C=O) groups is 1. The Hall–Kier alpha value is -1.64. The molecule has 0 bridgehead atoms. The van der Waals surface area contributed by atoms with E-state index in [1.807, 2.05) is 6.92 Å². The number of benzene rings is 1. The SMILES string of the molecule is CC(CS(C)=O)NC(=O)c1ccc(C#CCCO)cc1. The molecule has 0 spiro atoms. The monoisotopic (exact) mass is 293 g/mol. The van der Waals surface area contributed by atoms with E-state index in [-0.39, 0.29) is 18.6 Å². The molecule has 0 radical (unpaired) electrons. The van der Waals surface area contributed by atoms with Gasteiger partial charge in [-0.3, -0.25) is 9.00 Å². The van der Waals surface area contributed by atoms with Gasteiger partial charge in [-0.25, -0.2) is 0 Å². The van der Waals surface area contributed by atoms with E-state index in [0.717, 1.165) is 5.56 Å². The first-order valence-electron chi connectivity index (χ1n) is 6.33. The first-order valence-corrected chi connectivity index (χ1v) is 8.06. The van der Waals surface area contributed by atoms with Crippen LogP contribution >= 0.6 is 0 Å². The van der Waals surface area contributed by atoms with Crippen LogP contribution in [0.1, 0.15) is 29.3 Å². The quantitative estimate of drug-likeness (QED) is 0.793. The Morgan fingerprint density at radius 3 is 2.60 bits per heavy atom. The van der Waals surface area contributed by atoms with Crippen molar-refractivity contribution in [3.8, 4) is 11.8 Å². The Labute approximate surface area is 122 Å². The van der Waals surface area contributed by atoms with Crippen LogP contribution in [-0.4, -0.2) is 39.9 Å². The number of hydrogen-bond acceptors (Lipinski definition) is 3. The zero-order chi connectivity index (χ0) is 15.0. The maximum absolute atomic E-state index is 11.9. The van der Waals surface area contributed by atoms with E-state index >= 15 is 0 Å². The Morgan fingerprint density at radius 1 is 1.40 bits per heavy atom. The summed E-state index contributed by atoms with van der Waals surface area (Å²) >= 11 is 0. The standard InChI is InChI=1S/C15H19NO3S/c1-12(11-20(2)19)16-15(18)14-8-6-13(7-9-14)5-3-4-10-17/h6-9,12,17H,4,10-11H2,1-2H3,(H,16,18). The molecule has 0 saturated carbocycles. The molecule has 0 fully saturated rings. The van der Waals surface area contributed by atoms with Crippen LogP contribution in [0.5, 0.6) is 0 Å². The summed E-state index contributed by atoms with van der Waals surface area (Å²) in [6.07, 6.45) is 2.05. The molecule has 108 valence electrons. The maximum atomic E-state index is 11.9. The van der Waals surface area contributed by atoms with Gasteiger partial charge in [-0.15, -0.1) is 0 Å². The summed E-state index contributed by atoms with van der Waals surface area (Å²) in [6, 6.07) is 6.81. The lowest BCUT2D eigenvalue weighted by atomic mass is 10.1. The average molecular weight is 293 g/mol. The van der Waals surface area contributed by atoms with Crippen molar-refractivity contribution in [2.24, 2.45) is 0 Å². The second-order valence-electron chi connectivity index (χ2n) is 4.47. The summed E-state index contributed by atoms with van der Waals surface area (Å²) in [5.41, 5.74) is 1.35. The predicted octanol–water partition coefficient (Wildman–Crippen LogP) is 0.917. The largest absolute Gasteiger partial charge is 0.395 e. The van der Waals surface area contributed by atoms with Gasteiger partial charge in [-0.1, -0.05) is 11.8 Å². The molecule has 2 unspecified atom stereocenters. The normalized spacial score (nSPS) is 12.9. The van der Waals surface area contributed by atoms with Crippen molar-refractivity contribution in [2.45, 2.75) is 19.4 Å². The molecule has 5 heteroatoms. The lowest BCUT2D eigenvalue weighted by Gasteiger charge is -2.12. The van der Waals surface area contributed by atoms with Gasteiger partial charge in [0.15, 0.2) is 0 Å². The molecule has 2 atom stereocenters. The predicted molar refractivity (Wildman–Crippen MR) is 80.9 cm³/mol. The Bertz CT molecular complexity index is 528. The van der Waals surface area contributed by atoms with E-state index < -0.39 is 10.8 Å². The minimum absolute atomic E-state index is 0.0458. The van der Waals surface area contributed by atoms with Crippen molar-refractivity contribution < 1.29 is 14.1 Å². The third-order valence-electron chi connectivity index (χ3n) is 2.48. The van der Waals surface area contributed by atoms with Crippen molar-refractivity contribution in [3.05, 3.63) is 35.4 Å². The van der Waals surface area contributed by atoms with Crippen molar-refractivity contribution >= 4 is 16.7 Å². The van der Waals surface area contributed by atoms with Crippen LogP contribution in [0, 0.1) is 11.8 Å². The minimum Gasteiger partial charge on any atom is -0.395 e. The van der Waals surface area contributed by atoms with Gasteiger partial charge in [0, 0.05) is 46.4 Å². The van der Waals surface area contributed by atoms with E-state index in [0.29, 0.717) is 17.7 Å². The summed E-state index contributed by atoms with van der Waals surface area (Å²) in [5.74, 6) is 5.97. The van der Waals surface area contributed by atoms with Gasteiger partial charge in [-0.2, -0.15) is 0 Å². The van der Waals surface area contributed by atoms with Crippen molar-refractivity contribution in [3.63, 3.8) is 0 Å². The van der Waals surface area contributed by atoms with Crippen LogP contribution < -0.4 is 5.32 Å². The Kier molecular flexibility index (Phi) is 6.99. The van der Waals surface area contributed by atoms with E-state index in [4.69, 9.17) is 5.11 Å². The van der Waals surface area contributed by atoms with Crippen LogP contribution in [0.3, 0.4) is 0 Å². The Balaban J connectivity index is 2.62. The molecule has 0 heterocycles. The highest BCUT2D eigenvalue weighted by atomic mass is 32.2. The van der Waals surface area contributed by atoms with Crippen molar-refractivity contribution in [1.82, 2.24) is 5.32 Å². The highest BCUT2D eigenvalue weighted by Crippen LogP contribution is 2.04. The first-order chi connectivity index (χ1) is 9.52. The number of aliphatic hydroxyl groups excluding tert-OH is 1. The molecule has 0 aromatic heterocycles. The summed E-state index contributed by atoms with van der Waals surface area (Å²) in [7, 11) is -0.930. The summed E-state index contributed by atoms with van der Waals surface area (Å²) in [6.45, 7) is 1.87. The summed E-state index contributed by atoms with van der Waals surface area (Å²) in [4.78, 5) is 11.9. The molecule has 1 rings (SSSR count). The van der Waals surface area contributed by atoms with Crippen LogP contribution in [-0.2, 0) is 10.8 Å². The van der Waals surface area contributed by atoms with E-state index in [9.17, 15) is 9.00 Å². The number of nitrogens with one attached hydrogen (secondary N) is 1. The molecular formula is C15H19NO3S. The zero-order valence-corrected chi connectivity index (χ0v) is 12.5. The smallest absolute Gasteiger partial charge is 0.251 e. The first kappa shape index (κ1) is 16.4. The lowest BCUT2D eigenvalue weighted by Crippen LogP contribution is -2.36. The van der Waals surface area contributed by atoms with Gasteiger partial charge in [0.05, 0.1) is 6.61 Å². The average Bonchev–Trinajstić information content (AvgIpc) is 2.38. The fourth-order valence-corrected chi connectivity index (χ4v) is 2.41. The molecule has 1 aromatic rings. The number of carbonyl (C=O) groups excluding carboxylic acids is 1. The maximum Gasteiger partial charge on any atom is 0.251 e. The highest BCUT2D eigenvalue weighted by molar-refractivity contribution is 7.84. The molecule has 2 N–H and O–H groups in total. The number of aliphatic hydroxyl groups is 1. The fraction of sp³-hybridized carbons (Fsp3) is 0.400. The van der Waals surface area contributed by atoms with Gasteiger partial charge < -0.3 is 10.4 Å². The van der Waals surface area contributed by atoms with E-state index in [2.05, 4.69) is 17.2 Å². The van der Waals surface area contributed by atoms with Gasteiger partial charge in [0.1, 0.15) is 0 Å². The molecular weight excluding hydrogens is 274 g/mol. The number of rotatable bonds is 5. The highest BCUT2D eigenvalue weighted by Gasteiger charge is 2.10. The molecule has 0 saturated heterocycles. The summed E-state index contributed by atoms with van der Waals surface area (Å²) < 4.78 is 11.1. The fourth-order valence-electron chi connectivity index (χ4n) is 1.63. The molecule has 1 aromatic carbocycles. The van der Waals surface area contributed by atoms with Crippen molar-refractivity contribution in [1.29, 1.82) is 0 Å². The lowest BCUT2D eigenvalue weighted by molar-refractivity contribution is 0.0943. The molecule has 1 amide bonds. The van der Waals surface area contributed by atoms with Crippen LogP contribution in [0.4, 0.5) is 0 Å². The van der Waals surface area contributed by atoms with Gasteiger partial charge in [0.2, 0.25) is 0 Å². The van der Waals surface area contributed by atoms with E-state index in [1.165, 1.54) is 0 Å². The third-order valence-corrected chi connectivity index (χ3v) is 3.45. The summed E-state index contributed by atoms with van der Waals surface area (Å²) in [5, 5.41) is 11.4. The Morgan fingerprint density at radius 2 is 2.05 bits per heavy atom. The number of amides is 1. The van der Waals surface area contributed by atoms with Crippen LogP contribution in [0.15, 0.2) is 24.3 Å². The third kappa shape index (κ3) is 6.00. The molecule has 0 aliphatic heterocycles. The van der Waals surface area contributed by atoms with Crippen LogP contribution in [0.25, 0.3) is 0 Å². The second kappa shape index (κ2) is 8.51. The number of hydrogen-bond donors (Lipinski definition) is 2. The van der Waals surface area contributed by atoms with Gasteiger partial charge in [-0.05, 0) is 31.2 Å². The van der Waals surface area contributed by atoms with Crippen LogP contribution in [0.2, 0.25) is 0 Å². The van der Waals surface area contributed by atoms with Gasteiger partial charge >= 0.3 is 0 Å². The van der Waals surface area contributed by atoms with Crippen molar-refractivity contribution in [2.75, 3.05) is 18.6 Å².